The molecule has 3 heteroatoms. The fraction of sp³-hybridized carbons (Fsp3) is 0.429. The highest BCUT2D eigenvalue weighted by atomic mass is 15.0. The highest BCUT2D eigenvalue weighted by molar-refractivity contribution is 5.82. The van der Waals surface area contributed by atoms with Crippen LogP contribution < -0.4 is 10.6 Å². The monoisotopic (exact) mass is 231 g/mol. The van der Waals surface area contributed by atoms with Gasteiger partial charge in [-0.2, -0.15) is 0 Å². The third-order valence-electron chi connectivity index (χ3n) is 3.23. The Balaban J connectivity index is 2.00. The number of para-hydroxylation sites is 1. The summed E-state index contributed by atoms with van der Waals surface area (Å²) in [5.41, 5.74) is 2.66. The first-order valence-corrected chi connectivity index (χ1v) is 6.07. The number of fused-ring (bicyclic) bond motifs is 1. The number of nitrogens with one attached hydrogen (secondary N) is 3. The van der Waals surface area contributed by atoms with Crippen LogP contribution >= 0.6 is 0 Å². The number of aromatic nitrogens is 1. The minimum absolute atomic E-state index is 0.131. The summed E-state index contributed by atoms with van der Waals surface area (Å²) in [6, 6.07) is 8.40. The molecule has 2 aromatic rings. The first kappa shape index (κ1) is 12.1. The molecule has 92 valence electrons. The second kappa shape index (κ2) is 4.90. The molecule has 0 atom stereocenters. The van der Waals surface area contributed by atoms with E-state index in [9.17, 15) is 0 Å². The van der Waals surface area contributed by atoms with Crippen LogP contribution in [0.25, 0.3) is 10.9 Å². The Morgan fingerprint density at radius 2 is 2.00 bits per heavy atom. The quantitative estimate of drug-likeness (QED) is 0.738. The molecule has 0 saturated heterocycles. The Morgan fingerprint density at radius 1 is 1.24 bits per heavy atom. The van der Waals surface area contributed by atoms with Gasteiger partial charge in [-0.05, 0) is 32.5 Å². The van der Waals surface area contributed by atoms with E-state index in [1.54, 1.807) is 0 Å². The maximum Gasteiger partial charge on any atom is 0.0457 e. The maximum absolute atomic E-state index is 3.49. The molecule has 0 amide bonds. The highest BCUT2D eigenvalue weighted by Gasteiger charge is 2.13. The molecule has 0 fully saturated rings. The van der Waals surface area contributed by atoms with Crippen molar-refractivity contribution < 1.29 is 0 Å². The van der Waals surface area contributed by atoms with Crippen LogP contribution in [-0.2, 0) is 6.54 Å². The van der Waals surface area contributed by atoms with Gasteiger partial charge in [0.1, 0.15) is 0 Å². The first-order chi connectivity index (χ1) is 8.12. The van der Waals surface area contributed by atoms with Gasteiger partial charge in [0.15, 0.2) is 0 Å². The minimum atomic E-state index is 0.131. The van der Waals surface area contributed by atoms with Crippen LogP contribution in [0, 0.1) is 0 Å². The van der Waals surface area contributed by atoms with Crippen molar-refractivity contribution in [2.24, 2.45) is 0 Å². The first-order valence-electron chi connectivity index (χ1n) is 6.07. The van der Waals surface area contributed by atoms with Gasteiger partial charge < -0.3 is 15.6 Å². The predicted octanol–water partition coefficient (Wildman–Crippen LogP) is 2.26. The van der Waals surface area contributed by atoms with Crippen molar-refractivity contribution in [1.82, 2.24) is 15.6 Å². The van der Waals surface area contributed by atoms with E-state index in [1.807, 2.05) is 7.05 Å². The Bertz CT molecular complexity index is 485. The summed E-state index contributed by atoms with van der Waals surface area (Å²) in [4.78, 5) is 3.29. The number of likely N-dealkylation sites (N-methyl/N-ethyl adjacent to an activating group) is 1. The summed E-state index contributed by atoms with van der Waals surface area (Å²) >= 11 is 0. The number of hydrogen-bond donors (Lipinski definition) is 3. The standard InChI is InChI=1S/C14H21N3/c1-14(2,15-3)10-16-8-11-9-17-13-7-5-4-6-12(11)13/h4-7,9,15-17H,8,10H2,1-3H3. The predicted molar refractivity (Wildman–Crippen MR) is 73.1 cm³/mol. The maximum atomic E-state index is 3.49. The zero-order chi connectivity index (χ0) is 12.3. The minimum Gasteiger partial charge on any atom is -0.361 e. The molecule has 0 spiro atoms. The van der Waals surface area contributed by atoms with Gasteiger partial charge in [-0.3, -0.25) is 0 Å². The smallest absolute Gasteiger partial charge is 0.0457 e. The van der Waals surface area contributed by atoms with E-state index < -0.39 is 0 Å². The van der Waals surface area contributed by atoms with Gasteiger partial charge in [0, 0.05) is 35.7 Å². The second-order valence-corrected chi connectivity index (χ2v) is 5.10. The molecule has 0 bridgehead atoms. The third kappa shape index (κ3) is 2.87. The largest absolute Gasteiger partial charge is 0.361 e. The lowest BCUT2D eigenvalue weighted by atomic mass is 10.1. The summed E-state index contributed by atoms with van der Waals surface area (Å²) in [5.74, 6) is 0. The van der Waals surface area contributed by atoms with Gasteiger partial charge in [0.05, 0.1) is 0 Å². The Labute approximate surface area is 103 Å². The zero-order valence-electron chi connectivity index (χ0n) is 10.8. The van der Waals surface area contributed by atoms with Crippen molar-refractivity contribution in [3.8, 4) is 0 Å². The summed E-state index contributed by atoms with van der Waals surface area (Å²) in [5, 5.41) is 8.08. The van der Waals surface area contributed by atoms with Gasteiger partial charge in [-0.25, -0.2) is 0 Å². The molecular formula is C14H21N3. The Morgan fingerprint density at radius 3 is 2.76 bits per heavy atom. The van der Waals surface area contributed by atoms with Gasteiger partial charge in [-0.15, -0.1) is 0 Å². The van der Waals surface area contributed by atoms with Crippen LogP contribution in [-0.4, -0.2) is 24.1 Å². The summed E-state index contributed by atoms with van der Waals surface area (Å²) in [6.07, 6.45) is 2.09. The summed E-state index contributed by atoms with van der Waals surface area (Å²) in [7, 11) is 1.99. The average molecular weight is 231 g/mol. The van der Waals surface area contributed by atoms with Crippen LogP contribution in [0.1, 0.15) is 19.4 Å². The molecule has 1 aromatic heterocycles. The molecule has 0 saturated carbocycles. The van der Waals surface area contributed by atoms with E-state index in [0.717, 1.165) is 13.1 Å². The number of benzene rings is 1. The van der Waals surface area contributed by atoms with Crippen molar-refractivity contribution in [3.05, 3.63) is 36.0 Å². The summed E-state index contributed by atoms with van der Waals surface area (Å²) < 4.78 is 0. The molecule has 1 heterocycles. The fourth-order valence-electron chi connectivity index (χ4n) is 1.88. The van der Waals surface area contributed by atoms with Gasteiger partial charge >= 0.3 is 0 Å². The third-order valence-corrected chi connectivity index (χ3v) is 3.23. The normalized spacial score (nSPS) is 12.2. The van der Waals surface area contributed by atoms with Crippen molar-refractivity contribution in [1.29, 1.82) is 0 Å². The Kier molecular flexibility index (Phi) is 3.50. The van der Waals surface area contributed by atoms with Crippen LogP contribution in [0.2, 0.25) is 0 Å². The number of rotatable bonds is 5. The number of aromatic amines is 1. The van der Waals surface area contributed by atoms with Gasteiger partial charge in [-0.1, -0.05) is 18.2 Å². The molecule has 0 aliphatic heterocycles. The van der Waals surface area contributed by atoms with E-state index >= 15 is 0 Å². The zero-order valence-corrected chi connectivity index (χ0v) is 10.8. The van der Waals surface area contributed by atoms with E-state index in [2.05, 4.69) is 59.9 Å². The molecule has 17 heavy (non-hydrogen) atoms. The Hall–Kier alpha value is -1.32. The topological polar surface area (TPSA) is 39.8 Å². The lowest BCUT2D eigenvalue weighted by molar-refractivity contribution is 0.393. The van der Waals surface area contributed by atoms with E-state index in [4.69, 9.17) is 0 Å². The van der Waals surface area contributed by atoms with E-state index in [-0.39, 0.29) is 5.54 Å². The van der Waals surface area contributed by atoms with Crippen LogP contribution in [0.4, 0.5) is 0 Å². The van der Waals surface area contributed by atoms with Crippen LogP contribution in [0.3, 0.4) is 0 Å². The van der Waals surface area contributed by atoms with Crippen molar-refractivity contribution in [2.75, 3.05) is 13.6 Å². The lowest BCUT2D eigenvalue weighted by Gasteiger charge is -2.24. The molecule has 3 N–H and O–H groups in total. The molecule has 0 aliphatic carbocycles. The van der Waals surface area contributed by atoms with E-state index in [0.29, 0.717) is 0 Å². The fourth-order valence-corrected chi connectivity index (χ4v) is 1.88. The highest BCUT2D eigenvalue weighted by Crippen LogP contribution is 2.17. The molecule has 0 unspecified atom stereocenters. The molecule has 0 radical (unpaired) electrons. The van der Waals surface area contributed by atoms with Crippen molar-refractivity contribution in [2.45, 2.75) is 25.9 Å². The molecule has 3 nitrogen and oxygen atoms in total. The average Bonchev–Trinajstić information content (AvgIpc) is 2.73. The molecule has 2 rings (SSSR count). The van der Waals surface area contributed by atoms with Gasteiger partial charge in [0.25, 0.3) is 0 Å². The van der Waals surface area contributed by atoms with Crippen LogP contribution in [0.15, 0.2) is 30.5 Å². The van der Waals surface area contributed by atoms with Crippen LogP contribution in [0.5, 0.6) is 0 Å². The second-order valence-electron chi connectivity index (χ2n) is 5.10. The SMILES string of the molecule is CNC(C)(C)CNCc1c[nH]c2ccccc12. The molecule has 1 aromatic carbocycles. The van der Waals surface area contributed by atoms with Crippen molar-refractivity contribution >= 4 is 10.9 Å². The van der Waals surface area contributed by atoms with E-state index in [1.165, 1.54) is 16.5 Å². The number of hydrogen-bond acceptors (Lipinski definition) is 2. The van der Waals surface area contributed by atoms with Crippen molar-refractivity contribution in [3.63, 3.8) is 0 Å². The summed E-state index contributed by atoms with van der Waals surface area (Å²) in [6.45, 7) is 6.22. The van der Waals surface area contributed by atoms with Gasteiger partial charge in [0.2, 0.25) is 0 Å². The molecular weight excluding hydrogens is 210 g/mol. The lowest BCUT2D eigenvalue weighted by Crippen LogP contribution is -2.45. The number of H-pyrrole nitrogens is 1. The molecule has 0 aliphatic rings.